The smallest absolute Gasteiger partial charge is 0.257 e. The number of aryl methyl sites for hydroxylation is 2. The van der Waals surface area contributed by atoms with Crippen LogP contribution in [0.2, 0.25) is 0 Å². The molecule has 0 aromatic heterocycles. The Kier molecular flexibility index (Phi) is 4.78. The summed E-state index contributed by atoms with van der Waals surface area (Å²) in [6, 6.07) is 3.92. The quantitative estimate of drug-likeness (QED) is 0.855. The Morgan fingerprint density at radius 1 is 1.04 bits per heavy atom. The van der Waals surface area contributed by atoms with E-state index in [-0.39, 0.29) is 17.7 Å². The fraction of sp³-hybridized carbons (Fsp3) is 0.579. The van der Waals surface area contributed by atoms with E-state index >= 15 is 0 Å². The number of amides is 2. The number of nitrogens with zero attached hydrogens (tertiary/aromatic N) is 2. The van der Waals surface area contributed by atoms with Gasteiger partial charge in [-0.15, -0.1) is 0 Å². The van der Waals surface area contributed by atoms with Gasteiger partial charge >= 0.3 is 0 Å². The van der Waals surface area contributed by atoms with E-state index in [9.17, 15) is 9.59 Å². The van der Waals surface area contributed by atoms with E-state index in [0.29, 0.717) is 30.9 Å². The van der Waals surface area contributed by atoms with Gasteiger partial charge in [0.15, 0.2) is 0 Å². The van der Waals surface area contributed by atoms with Crippen LogP contribution in [0.15, 0.2) is 12.1 Å². The minimum Gasteiger partial charge on any atom is -0.496 e. The molecule has 5 heteroatoms. The van der Waals surface area contributed by atoms with Crippen molar-refractivity contribution in [2.75, 3.05) is 33.3 Å². The van der Waals surface area contributed by atoms with Gasteiger partial charge in [0.2, 0.25) is 5.91 Å². The molecule has 1 aliphatic carbocycles. The van der Waals surface area contributed by atoms with Crippen molar-refractivity contribution in [3.8, 4) is 5.75 Å². The van der Waals surface area contributed by atoms with Gasteiger partial charge in [-0.2, -0.15) is 0 Å². The predicted octanol–water partition coefficient (Wildman–Crippen LogP) is 2.40. The van der Waals surface area contributed by atoms with Crippen LogP contribution < -0.4 is 4.74 Å². The molecule has 2 amide bonds. The molecule has 0 N–H and O–H groups in total. The largest absolute Gasteiger partial charge is 0.496 e. The summed E-state index contributed by atoms with van der Waals surface area (Å²) in [6.45, 7) is 6.61. The first kappa shape index (κ1) is 16.8. The molecule has 0 radical (unpaired) electrons. The first-order chi connectivity index (χ1) is 11.5. The van der Waals surface area contributed by atoms with Gasteiger partial charge in [-0.3, -0.25) is 9.59 Å². The van der Waals surface area contributed by atoms with Crippen LogP contribution in [-0.4, -0.2) is 54.9 Å². The van der Waals surface area contributed by atoms with Gasteiger partial charge in [0.05, 0.1) is 12.7 Å². The van der Waals surface area contributed by atoms with Gasteiger partial charge in [-0.1, -0.05) is 6.07 Å². The van der Waals surface area contributed by atoms with E-state index in [0.717, 1.165) is 36.9 Å². The number of benzene rings is 1. The van der Waals surface area contributed by atoms with Crippen LogP contribution in [0.5, 0.6) is 5.75 Å². The second-order valence-corrected chi connectivity index (χ2v) is 6.91. The Morgan fingerprint density at radius 2 is 1.71 bits per heavy atom. The Balaban J connectivity index is 1.74. The first-order valence-corrected chi connectivity index (χ1v) is 8.74. The zero-order valence-electron chi connectivity index (χ0n) is 14.8. The third kappa shape index (κ3) is 3.40. The van der Waals surface area contributed by atoms with E-state index in [2.05, 4.69) is 0 Å². The summed E-state index contributed by atoms with van der Waals surface area (Å²) in [4.78, 5) is 29.0. The van der Waals surface area contributed by atoms with Crippen molar-refractivity contribution in [2.24, 2.45) is 5.92 Å². The van der Waals surface area contributed by atoms with Crippen molar-refractivity contribution in [1.29, 1.82) is 0 Å². The van der Waals surface area contributed by atoms with Gasteiger partial charge in [0, 0.05) is 32.1 Å². The van der Waals surface area contributed by atoms with Crippen LogP contribution in [-0.2, 0) is 4.79 Å². The second-order valence-electron chi connectivity index (χ2n) is 6.91. The fourth-order valence-electron chi connectivity index (χ4n) is 3.48. The highest BCUT2D eigenvalue weighted by molar-refractivity contribution is 5.97. The standard InChI is InChI=1S/C19H26N2O3/c1-13-11-14(2)17(24-3)16(12-13)19(23)21-8-4-7-20(9-10-21)18(22)15-5-6-15/h11-12,15H,4-10H2,1-3H3. The molecular formula is C19H26N2O3. The molecule has 5 nitrogen and oxygen atoms in total. The number of carbonyl (C=O) groups excluding carboxylic acids is 2. The fourth-order valence-corrected chi connectivity index (χ4v) is 3.48. The molecule has 2 aliphatic rings. The molecule has 130 valence electrons. The monoisotopic (exact) mass is 330 g/mol. The van der Waals surface area contributed by atoms with Crippen LogP contribution in [0.4, 0.5) is 0 Å². The summed E-state index contributed by atoms with van der Waals surface area (Å²) < 4.78 is 5.46. The summed E-state index contributed by atoms with van der Waals surface area (Å²) in [5.41, 5.74) is 2.65. The van der Waals surface area contributed by atoms with Crippen LogP contribution in [0, 0.1) is 19.8 Å². The Morgan fingerprint density at radius 3 is 2.38 bits per heavy atom. The lowest BCUT2D eigenvalue weighted by molar-refractivity contribution is -0.132. The van der Waals surface area contributed by atoms with Gasteiger partial charge in [-0.05, 0) is 50.3 Å². The molecule has 2 fully saturated rings. The van der Waals surface area contributed by atoms with Crippen LogP contribution in [0.25, 0.3) is 0 Å². The van der Waals surface area contributed by atoms with Crippen molar-refractivity contribution in [2.45, 2.75) is 33.1 Å². The van der Waals surface area contributed by atoms with Gasteiger partial charge in [-0.25, -0.2) is 0 Å². The molecule has 0 spiro atoms. The average Bonchev–Trinajstić information content (AvgIpc) is 3.39. The number of rotatable bonds is 3. The van der Waals surface area contributed by atoms with Crippen molar-refractivity contribution < 1.29 is 14.3 Å². The summed E-state index contributed by atoms with van der Waals surface area (Å²) in [6.07, 6.45) is 2.88. The van der Waals surface area contributed by atoms with Crippen molar-refractivity contribution >= 4 is 11.8 Å². The normalized spacial score (nSPS) is 18.3. The maximum Gasteiger partial charge on any atom is 0.257 e. The van der Waals surface area contributed by atoms with Crippen molar-refractivity contribution in [3.63, 3.8) is 0 Å². The zero-order chi connectivity index (χ0) is 17.3. The van der Waals surface area contributed by atoms with Crippen LogP contribution >= 0.6 is 0 Å². The van der Waals surface area contributed by atoms with Crippen molar-refractivity contribution in [3.05, 3.63) is 28.8 Å². The highest BCUT2D eigenvalue weighted by Crippen LogP contribution is 2.31. The number of hydrogen-bond donors (Lipinski definition) is 0. The topological polar surface area (TPSA) is 49.9 Å². The minimum atomic E-state index is -0.000582. The highest BCUT2D eigenvalue weighted by Gasteiger charge is 2.34. The second kappa shape index (κ2) is 6.83. The number of hydrogen-bond acceptors (Lipinski definition) is 3. The Bertz CT molecular complexity index is 652. The summed E-state index contributed by atoms with van der Waals surface area (Å²) >= 11 is 0. The molecule has 0 atom stereocenters. The van der Waals surface area contributed by atoms with Crippen LogP contribution in [0.3, 0.4) is 0 Å². The molecule has 1 saturated carbocycles. The molecule has 1 aliphatic heterocycles. The molecule has 0 bridgehead atoms. The molecule has 1 saturated heterocycles. The molecule has 1 heterocycles. The van der Waals surface area contributed by atoms with E-state index in [1.54, 1.807) is 7.11 Å². The molecule has 24 heavy (non-hydrogen) atoms. The minimum absolute atomic E-state index is 0.000582. The third-order valence-corrected chi connectivity index (χ3v) is 4.87. The van der Waals surface area contributed by atoms with Crippen molar-refractivity contribution in [1.82, 2.24) is 9.80 Å². The maximum absolute atomic E-state index is 13.0. The molecular weight excluding hydrogens is 304 g/mol. The lowest BCUT2D eigenvalue weighted by Gasteiger charge is -2.23. The van der Waals surface area contributed by atoms with E-state index in [1.165, 1.54) is 0 Å². The summed E-state index contributed by atoms with van der Waals surface area (Å²) in [5.74, 6) is 1.17. The number of carbonyl (C=O) groups is 2. The Labute approximate surface area is 143 Å². The predicted molar refractivity (Wildman–Crippen MR) is 92.3 cm³/mol. The maximum atomic E-state index is 13.0. The van der Waals surface area contributed by atoms with Gasteiger partial charge < -0.3 is 14.5 Å². The van der Waals surface area contributed by atoms with E-state index in [1.807, 2.05) is 35.8 Å². The lowest BCUT2D eigenvalue weighted by atomic mass is 10.0. The third-order valence-electron chi connectivity index (χ3n) is 4.87. The summed E-state index contributed by atoms with van der Waals surface area (Å²) in [7, 11) is 1.60. The van der Waals surface area contributed by atoms with Gasteiger partial charge in [0.25, 0.3) is 5.91 Å². The number of methoxy groups -OCH3 is 1. The van der Waals surface area contributed by atoms with E-state index < -0.39 is 0 Å². The van der Waals surface area contributed by atoms with Gasteiger partial charge in [0.1, 0.15) is 5.75 Å². The van der Waals surface area contributed by atoms with E-state index in [4.69, 9.17) is 4.74 Å². The Hall–Kier alpha value is -2.04. The first-order valence-electron chi connectivity index (χ1n) is 8.74. The highest BCUT2D eigenvalue weighted by atomic mass is 16.5. The molecule has 3 rings (SSSR count). The SMILES string of the molecule is COc1c(C)cc(C)cc1C(=O)N1CCCN(C(=O)C2CC2)CC1. The summed E-state index contributed by atoms with van der Waals surface area (Å²) in [5, 5.41) is 0. The van der Waals surface area contributed by atoms with Crippen LogP contribution in [0.1, 0.15) is 40.7 Å². The number of ether oxygens (including phenoxy) is 1. The lowest BCUT2D eigenvalue weighted by Crippen LogP contribution is -2.38. The molecule has 1 aromatic rings. The zero-order valence-corrected chi connectivity index (χ0v) is 14.8. The molecule has 0 unspecified atom stereocenters. The molecule has 1 aromatic carbocycles. The average molecular weight is 330 g/mol.